The summed E-state index contributed by atoms with van der Waals surface area (Å²) in [5.74, 6) is -0.167. The molecule has 1 amide bonds. The molecule has 0 spiro atoms. The molecule has 1 fully saturated rings. The number of aliphatic hydroxyl groups excluding tert-OH is 1. The number of carbonyl (C=O) groups is 1. The number of hydrogen-bond donors (Lipinski definition) is 3. The zero-order valence-electron chi connectivity index (χ0n) is 10.7. The molecule has 1 heterocycles. The molecule has 100 valence electrons. The summed E-state index contributed by atoms with van der Waals surface area (Å²) in [4.78, 5) is 12.1. The van der Waals surface area contributed by atoms with Gasteiger partial charge in [0, 0.05) is 13.2 Å². The van der Waals surface area contributed by atoms with Gasteiger partial charge in [-0.15, -0.1) is 0 Å². The number of rotatable bonds is 2. The lowest BCUT2D eigenvalue weighted by Crippen LogP contribution is -2.43. The first kappa shape index (κ1) is 13.0. The van der Waals surface area contributed by atoms with Crippen LogP contribution in [0.2, 0.25) is 0 Å². The molecule has 1 aromatic rings. The smallest absolute Gasteiger partial charge is 0.268 e. The van der Waals surface area contributed by atoms with Gasteiger partial charge in [-0.3, -0.25) is 4.79 Å². The van der Waals surface area contributed by atoms with Crippen LogP contribution >= 0.6 is 0 Å². The molecule has 0 radical (unpaired) electrons. The van der Waals surface area contributed by atoms with E-state index >= 15 is 0 Å². The Morgan fingerprint density at radius 3 is 2.83 bits per heavy atom. The van der Waals surface area contributed by atoms with Crippen LogP contribution in [0.4, 0.5) is 5.69 Å². The number of nitrogen functional groups attached to an aromatic ring is 1. The van der Waals surface area contributed by atoms with Crippen molar-refractivity contribution in [2.45, 2.75) is 44.2 Å². The van der Waals surface area contributed by atoms with Crippen LogP contribution < -0.4 is 11.1 Å². The van der Waals surface area contributed by atoms with Crippen molar-refractivity contribution in [3.63, 3.8) is 0 Å². The van der Waals surface area contributed by atoms with Gasteiger partial charge in [-0.25, -0.2) is 0 Å². The van der Waals surface area contributed by atoms with E-state index in [1.54, 1.807) is 23.9 Å². The van der Waals surface area contributed by atoms with E-state index in [9.17, 15) is 9.90 Å². The highest BCUT2D eigenvalue weighted by Crippen LogP contribution is 2.18. The van der Waals surface area contributed by atoms with Crippen LogP contribution in [-0.2, 0) is 7.05 Å². The molecule has 1 aliphatic rings. The third-order valence-electron chi connectivity index (χ3n) is 3.55. The summed E-state index contributed by atoms with van der Waals surface area (Å²) in [6.45, 7) is 0. The Morgan fingerprint density at radius 2 is 2.17 bits per heavy atom. The number of nitrogens with two attached hydrogens (primary N) is 1. The van der Waals surface area contributed by atoms with E-state index in [0.717, 1.165) is 32.1 Å². The van der Waals surface area contributed by atoms with Gasteiger partial charge in [-0.05, 0) is 18.9 Å². The highest BCUT2D eigenvalue weighted by molar-refractivity contribution is 5.94. The lowest BCUT2D eigenvalue weighted by Gasteiger charge is -2.21. The second kappa shape index (κ2) is 5.44. The Kier molecular flexibility index (Phi) is 3.91. The minimum Gasteiger partial charge on any atom is -0.397 e. The molecule has 2 atom stereocenters. The Labute approximate surface area is 107 Å². The van der Waals surface area contributed by atoms with Crippen LogP contribution in [0.3, 0.4) is 0 Å². The highest BCUT2D eigenvalue weighted by Gasteiger charge is 2.24. The van der Waals surface area contributed by atoms with E-state index in [4.69, 9.17) is 5.73 Å². The number of nitrogens with one attached hydrogen (secondary N) is 1. The summed E-state index contributed by atoms with van der Waals surface area (Å²) in [6.07, 6.45) is 6.09. The van der Waals surface area contributed by atoms with Gasteiger partial charge in [0.25, 0.3) is 5.91 Å². The molecule has 5 nitrogen and oxygen atoms in total. The fraction of sp³-hybridized carbons (Fsp3) is 0.615. The SMILES string of the molecule is Cn1cc(N)cc1C(=O)NC1CCCCCC1O. The van der Waals surface area contributed by atoms with E-state index < -0.39 is 6.10 Å². The Morgan fingerprint density at radius 1 is 1.44 bits per heavy atom. The van der Waals surface area contributed by atoms with Crippen molar-refractivity contribution in [2.24, 2.45) is 7.05 Å². The predicted octanol–water partition coefficient (Wildman–Crippen LogP) is 1.03. The summed E-state index contributed by atoms with van der Waals surface area (Å²) in [5.41, 5.74) is 6.76. The Balaban J connectivity index is 2.04. The van der Waals surface area contributed by atoms with E-state index in [1.807, 2.05) is 0 Å². The molecule has 4 N–H and O–H groups in total. The molecule has 0 bridgehead atoms. The van der Waals surface area contributed by atoms with Gasteiger partial charge in [-0.1, -0.05) is 19.3 Å². The van der Waals surface area contributed by atoms with E-state index in [-0.39, 0.29) is 11.9 Å². The summed E-state index contributed by atoms with van der Waals surface area (Å²) >= 11 is 0. The van der Waals surface area contributed by atoms with Gasteiger partial charge in [0.2, 0.25) is 0 Å². The van der Waals surface area contributed by atoms with E-state index in [2.05, 4.69) is 5.32 Å². The molecule has 1 saturated carbocycles. The quantitative estimate of drug-likeness (QED) is 0.687. The average Bonchev–Trinajstić information content (AvgIpc) is 2.52. The third-order valence-corrected chi connectivity index (χ3v) is 3.55. The lowest BCUT2D eigenvalue weighted by atomic mass is 10.1. The van der Waals surface area contributed by atoms with Crippen LogP contribution in [0.25, 0.3) is 0 Å². The summed E-state index contributed by atoms with van der Waals surface area (Å²) in [5, 5.41) is 12.9. The van der Waals surface area contributed by atoms with Gasteiger partial charge in [0.05, 0.1) is 17.8 Å². The number of aromatic nitrogens is 1. The number of amides is 1. The fourth-order valence-electron chi connectivity index (χ4n) is 2.51. The van der Waals surface area contributed by atoms with Crippen molar-refractivity contribution in [3.05, 3.63) is 18.0 Å². The fourth-order valence-corrected chi connectivity index (χ4v) is 2.51. The topological polar surface area (TPSA) is 80.3 Å². The van der Waals surface area contributed by atoms with Crippen molar-refractivity contribution < 1.29 is 9.90 Å². The lowest BCUT2D eigenvalue weighted by molar-refractivity contribution is 0.0811. The standard InChI is InChI=1S/C13H21N3O2/c1-16-8-9(14)7-11(16)13(18)15-10-5-3-2-4-6-12(10)17/h7-8,10,12,17H,2-6,14H2,1H3,(H,15,18). The highest BCUT2D eigenvalue weighted by atomic mass is 16.3. The average molecular weight is 251 g/mol. The first-order valence-electron chi connectivity index (χ1n) is 6.48. The zero-order chi connectivity index (χ0) is 13.1. The maximum atomic E-state index is 12.1. The first-order valence-corrected chi connectivity index (χ1v) is 6.48. The summed E-state index contributed by atoms with van der Waals surface area (Å²) < 4.78 is 1.70. The Hall–Kier alpha value is -1.49. The number of aliphatic hydroxyl groups is 1. The van der Waals surface area contributed by atoms with Crippen molar-refractivity contribution in [1.82, 2.24) is 9.88 Å². The second-order valence-electron chi connectivity index (χ2n) is 5.05. The molecule has 1 aliphatic carbocycles. The number of nitrogens with zero attached hydrogens (tertiary/aromatic N) is 1. The predicted molar refractivity (Wildman–Crippen MR) is 70.2 cm³/mol. The molecule has 0 saturated heterocycles. The maximum absolute atomic E-state index is 12.1. The molecule has 1 aromatic heterocycles. The summed E-state index contributed by atoms with van der Waals surface area (Å²) in [7, 11) is 1.79. The molecule has 0 aromatic carbocycles. The van der Waals surface area contributed by atoms with Crippen LogP contribution in [0.5, 0.6) is 0 Å². The second-order valence-corrected chi connectivity index (χ2v) is 5.05. The number of anilines is 1. The molecule has 0 aliphatic heterocycles. The molecule has 2 rings (SSSR count). The molecule has 2 unspecified atom stereocenters. The normalized spacial score (nSPS) is 24.6. The van der Waals surface area contributed by atoms with Gasteiger partial charge >= 0.3 is 0 Å². The van der Waals surface area contributed by atoms with E-state index in [1.165, 1.54) is 0 Å². The largest absolute Gasteiger partial charge is 0.397 e. The molecular formula is C13H21N3O2. The molecule has 18 heavy (non-hydrogen) atoms. The van der Waals surface area contributed by atoms with Crippen molar-refractivity contribution in [1.29, 1.82) is 0 Å². The monoisotopic (exact) mass is 251 g/mol. The number of carbonyl (C=O) groups excluding carboxylic acids is 1. The number of hydrogen-bond acceptors (Lipinski definition) is 3. The third kappa shape index (κ3) is 2.85. The summed E-state index contributed by atoms with van der Waals surface area (Å²) in [6, 6.07) is 1.51. The Bertz CT molecular complexity index is 428. The van der Waals surface area contributed by atoms with Gasteiger partial charge in [0.1, 0.15) is 5.69 Å². The van der Waals surface area contributed by atoms with Crippen molar-refractivity contribution in [2.75, 3.05) is 5.73 Å². The molecule has 5 heteroatoms. The molecular weight excluding hydrogens is 230 g/mol. The van der Waals surface area contributed by atoms with Gasteiger partial charge in [0.15, 0.2) is 0 Å². The van der Waals surface area contributed by atoms with Crippen LogP contribution in [0.15, 0.2) is 12.3 Å². The van der Waals surface area contributed by atoms with E-state index in [0.29, 0.717) is 11.4 Å². The first-order chi connectivity index (χ1) is 8.58. The minimum absolute atomic E-state index is 0.142. The zero-order valence-corrected chi connectivity index (χ0v) is 10.7. The van der Waals surface area contributed by atoms with Crippen molar-refractivity contribution >= 4 is 11.6 Å². The van der Waals surface area contributed by atoms with Crippen LogP contribution in [0, 0.1) is 0 Å². The minimum atomic E-state index is -0.436. The maximum Gasteiger partial charge on any atom is 0.268 e. The number of aryl methyl sites for hydroxylation is 1. The van der Waals surface area contributed by atoms with Crippen LogP contribution in [0.1, 0.15) is 42.6 Å². The van der Waals surface area contributed by atoms with Gasteiger partial charge < -0.3 is 20.7 Å². The van der Waals surface area contributed by atoms with Gasteiger partial charge in [-0.2, -0.15) is 0 Å². The van der Waals surface area contributed by atoms with Crippen molar-refractivity contribution in [3.8, 4) is 0 Å². The van der Waals surface area contributed by atoms with Crippen LogP contribution in [-0.4, -0.2) is 27.7 Å².